The minimum absolute atomic E-state index is 0.384. The van der Waals surface area contributed by atoms with Crippen LogP contribution in [-0.2, 0) is 6.42 Å². The van der Waals surface area contributed by atoms with Crippen molar-refractivity contribution in [3.05, 3.63) is 23.3 Å². The molecule has 0 bridgehead atoms. The highest BCUT2D eigenvalue weighted by Crippen LogP contribution is 2.42. The van der Waals surface area contributed by atoms with Gasteiger partial charge in [-0.1, -0.05) is 6.92 Å². The van der Waals surface area contributed by atoms with E-state index in [0.717, 1.165) is 17.4 Å². The van der Waals surface area contributed by atoms with Crippen molar-refractivity contribution in [3.8, 4) is 11.5 Å². The molecule has 2 aliphatic rings. The molecule has 1 aliphatic carbocycles. The first-order chi connectivity index (χ1) is 7.38. The molecule has 0 saturated heterocycles. The van der Waals surface area contributed by atoms with Crippen LogP contribution in [0, 0.1) is 0 Å². The van der Waals surface area contributed by atoms with Gasteiger partial charge < -0.3 is 9.47 Å². The van der Waals surface area contributed by atoms with Gasteiger partial charge in [0.25, 0.3) is 0 Å². The van der Waals surface area contributed by atoms with Crippen LogP contribution in [0.1, 0.15) is 43.2 Å². The van der Waals surface area contributed by atoms with Crippen LogP contribution in [-0.4, -0.2) is 6.79 Å². The van der Waals surface area contributed by atoms with Crippen molar-refractivity contribution < 1.29 is 9.47 Å². The van der Waals surface area contributed by atoms with E-state index in [4.69, 9.17) is 9.47 Å². The van der Waals surface area contributed by atoms with Crippen LogP contribution >= 0.6 is 0 Å². The van der Waals surface area contributed by atoms with Crippen molar-refractivity contribution in [1.82, 2.24) is 0 Å². The molecule has 1 unspecified atom stereocenters. The average Bonchev–Trinajstić information content (AvgIpc) is 2.72. The predicted molar refractivity (Wildman–Crippen MR) is 58.5 cm³/mol. The summed E-state index contributed by atoms with van der Waals surface area (Å²) in [5.41, 5.74) is 2.96. The van der Waals surface area contributed by atoms with Gasteiger partial charge in [0.2, 0.25) is 6.79 Å². The summed E-state index contributed by atoms with van der Waals surface area (Å²) in [6, 6.07) is 4.38. The van der Waals surface area contributed by atoms with Crippen molar-refractivity contribution in [2.45, 2.75) is 38.5 Å². The van der Waals surface area contributed by atoms with Crippen LogP contribution in [0.5, 0.6) is 11.5 Å². The fourth-order valence-electron chi connectivity index (χ4n) is 2.71. The Hall–Kier alpha value is -1.18. The first-order valence-corrected chi connectivity index (χ1v) is 5.81. The lowest BCUT2D eigenvalue weighted by atomic mass is 9.81. The number of hydrogen-bond donors (Lipinski definition) is 0. The van der Waals surface area contributed by atoms with Gasteiger partial charge in [-0.05, 0) is 54.9 Å². The lowest BCUT2D eigenvalue weighted by molar-refractivity contribution is 0.174. The Morgan fingerprint density at radius 3 is 2.87 bits per heavy atom. The summed E-state index contributed by atoms with van der Waals surface area (Å²) in [5.74, 6) is 2.60. The maximum absolute atomic E-state index is 5.44. The summed E-state index contributed by atoms with van der Waals surface area (Å²) < 4.78 is 10.8. The van der Waals surface area contributed by atoms with Gasteiger partial charge >= 0.3 is 0 Å². The first-order valence-electron chi connectivity index (χ1n) is 5.81. The second-order valence-electron chi connectivity index (χ2n) is 4.40. The summed E-state index contributed by atoms with van der Waals surface area (Å²) in [4.78, 5) is 0. The van der Waals surface area contributed by atoms with Crippen LogP contribution in [0.25, 0.3) is 0 Å². The zero-order valence-corrected chi connectivity index (χ0v) is 9.08. The van der Waals surface area contributed by atoms with Crippen LogP contribution in [0.3, 0.4) is 0 Å². The summed E-state index contributed by atoms with van der Waals surface area (Å²) in [7, 11) is 0. The smallest absolute Gasteiger partial charge is 0.231 e. The Kier molecular flexibility index (Phi) is 2.08. The highest BCUT2D eigenvalue weighted by atomic mass is 16.7. The van der Waals surface area contributed by atoms with Gasteiger partial charge in [-0.15, -0.1) is 0 Å². The third kappa shape index (κ3) is 1.39. The quantitative estimate of drug-likeness (QED) is 0.699. The van der Waals surface area contributed by atoms with E-state index in [9.17, 15) is 0 Å². The highest BCUT2D eigenvalue weighted by Gasteiger charge is 2.23. The molecular weight excluding hydrogens is 188 g/mol. The molecule has 15 heavy (non-hydrogen) atoms. The number of aryl methyl sites for hydroxylation is 1. The fourth-order valence-corrected chi connectivity index (χ4v) is 2.71. The molecule has 3 rings (SSSR count). The Morgan fingerprint density at radius 2 is 2.07 bits per heavy atom. The molecule has 1 heterocycles. The molecule has 2 heteroatoms. The molecule has 1 atom stereocenters. The van der Waals surface area contributed by atoms with Crippen LogP contribution < -0.4 is 9.47 Å². The summed E-state index contributed by atoms with van der Waals surface area (Å²) >= 11 is 0. The molecule has 0 N–H and O–H groups in total. The predicted octanol–water partition coefficient (Wildman–Crippen LogP) is 3.25. The molecule has 0 aromatic heterocycles. The second kappa shape index (κ2) is 3.44. The van der Waals surface area contributed by atoms with E-state index in [1.54, 1.807) is 0 Å². The van der Waals surface area contributed by atoms with Crippen molar-refractivity contribution in [2.24, 2.45) is 0 Å². The Balaban J connectivity index is 2.08. The summed E-state index contributed by atoms with van der Waals surface area (Å²) in [5, 5.41) is 0. The Labute approximate surface area is 90.2 Å². The topological polar surface area (TPSA) is 18.5 Å². The molecule has 0 radical (unpaired) electrons. The van der Waals surface area contributed by atoms with E-state index in [0.29, 0.717) is 6.79 Å². The fraction of sp³-hybridized carbons (Fsp3) is 0.538. The molecule has 0 fully saturated rings. The van der Waals surface area contributed by atoms with Gasteiger partial charge in [0.05, 0.1) is 0 Å². The number of fused-ring (bicyclic) bond motifs is 2. The number of hydrogen-bond acceptors (Lipinski definition) is 2. The van der Waals surface area contributed by atoms with E-state index < -0.39 is 0 Å². The lowest BCUT2D eigenvalue weighted by Crippen LogP contribution is -2.08. The van der Waals surface area contributed by atoms with Gasteiger partial charge in [-0.3, -0.25) is 0 Å². The molecule has 0 saturated carbocycles. The molecule has 1 aromatic carbocycles. The van der Waals surface area contributed by atoms with Crippen LogP contribution in [0.4, 0.5) is 0 Å². The third-order valence-electron chi connectivity index (χ3n) is 3.57. The maximum atomic E-state index is 5.44. The molecule has 0 amide bonds. The zero-order chi connectivity index (χ0) is 10.3. The van der Waals surface area contributed by atoms with E-state index in [1.165, 1.54) is 36.8 Å². The molecule has 80 valence electrons. The van der Waals surface area contributed by atoms with E-state index >= 15 is 0 Å². The Morgan fingerprint density at radius 1 is 1.27 bits per heavy atom. The number of ether oxygens (including phenoxy) is 2. The van der Waals surface area contributed by atoms with Crippen molar-refractivity contribution in [2.75, 3.05) is 6.79 Å². The van der Waals surface area contributed by atoms with Gasteiger partial charge in [0, 0.05) is 0 Å². The minimum Gasteiger partial charge on any atom is -0.454 e. The first kappa shape index (κ1) is 9.08. The standard InChI is InChI=1S/C13H16O2/c1-2-9-4-3-5-10-6-12-13(7-11(9)10)15-8-14-12/h6-7,9H,2-5,8H2,1H3. The van der Waals surface area contributed by atoms with Crippen molar-refractivity contribution in [1.29, 1.82) is 0 Å². The van der Waals surface area contributed by atoms with Gasteiger partial charge in [-0.25, -0.2) is 0 Å². The molecule has 2 nitrogen and oxygen atoms in total. The van der Waals surface area contributed by atoms with E-state index in [-0.39, 0.29) is 0 Å². The summed E-state index contributed by atoms with van der Waals surface area (Å²) in [6.45, 7) is 2.65. The van der Waals surface area contributed by atoms with E-state index in [1.807, 2.05) is 0 Å². The van der Waals surface area contributed by atoms with Gasteiger partial charge in [0.1, 0.15) is 0 Å². The van der Waals surface area contributed by atoms with Crippen molar-refractivity contribution >= 4 is 0 Å². The molecule has 1 aromatic rings. The monoisotopic (exact) mass is 204 g/mol. The van der Waals surface area contributed by atoms with Crippen molar-refractivity contribution in [3.63, 3.8) is 0 Å². The largest absolute Gasteiger partial charge is 0.454 e. The van der Waals surface area contributed by atoms with Crippen LogP contribution in [0.15, 0.2) is 12.1 Å². The summed E-state index contributed by atoms with van der Waals surface area (Å²) in [6.07, 6.45) is 5.06. The van der Waals surface area contributed by atoms with Gasteiger partial charge in [0.15, 0.2) is 11.5 Å². The highest BCUT2D eigenvalue weighted by molar-refractivity contribution is 5.50. The average molecular weight is 204 g/mol. The normalized spacial score (nSPS) is 22.6. The number of benzene rings is 1. The van der Waals surface area contributed by atoms with Crippen LogP contribution in [0.2, 0.25) is 0 Å². The third-order valence-corrected chi connectivity index (χ3v) is 3.57. The van der Waals surface area contributed by atoms with Gasteiger partial charge in [-0.2, -0.15) is 0 Å². The maximum Gasteiger partial charge on any atom is 0.231 e. The SMILES string of the molecule is CCC1CCCc2cc3c(cc21)OCO3. The number of rotatable bonds is 1. The molecular formula is C13H16O2. The molecule has 1 aliphatic heterocycles. The minimum atomic E-state index is 0.384. The lowest BCUT2D eigenvalue weighted by Gasteiger charge is -2.24. The Bertz CT molecular complexity index is 384. The molecule has 0 spiro atoms. The van der Waals surface area contributed by atoms with E-state index in [2.05, 4.69) is 19.1 Å². The second-order valence-corrected chi connectivity index (χ2v) is 4.40. The zero-order valence-electron chi connectivity index (χ0n) is 9.08.